The molecular weight excluding hydrogens is 641 g/mol. The molecule has 3 amide bonds. The van der Waals surface area contributed by atoms with E-state index < -0.39 is 83.3 Å². The second-order valence-electron chi connectivity index (χ2n) is 11.4. The minimum Gasteiger partial charge on any atom is -0.444 e. The van der Waals surface area contributed by atoms with E-state index in [2.05, 4.69) is 4.98 Å². The molecule has 1 aliphatic heterocycles. The summed E-state index contributed by atoms with van der Waals surface area (Å²) in [5.74, 6) is -3.34. The van der Waals surface area contributed by atoms with E-state index in [-0.39, 0.29) is 19.3 Å². The van der Waals surface area contributed by atoms with Crippen LogP contribution in [0.1, 0.15) is 68.1 Å². The van der Waals surface area contributed by atoms with Crippen LogP contribution >= 0.6 is 0 Å². The van der Waals surface area contributed by atoms with Crippen LogP contribution in [0.3, 0.4) is 0 Å². The van der Waals surface area contributed by atoms with Crippen molar-refractivity contribution in [1.29, 1.82) is 0 Å². The van der Waals surface area contributed by atoms with E-state index in [0.29, 0.717) is 24.8 Å². The molecule has 3 rings (SSSR count). The number of anilines is 1. The van der Waals surface area contributed by atoms with Crippen LogP contribution in [0.2, 0.25) is 0 Å². The van der Waals surface area contributed by atoms with E-state index in [1.54, 1.807) is 29.1 Å². The van der Waals surface area contributed by atoms with Crippen LogP contribution in [0.15, 0.2) is 36.4 Å². The Morgan fingerprint density at radius 1 is 0.979 bits per heavy atom. The average Bonchev–Trinajstić information content (AvgIpc) is 3.48. The molecule has 0 unspecified atom stereocenters. The Morgan fingerprint density at radius 3 is 2.19 bits per heavy atom. The number of carbonyl (C=O) groups excluding carboxylic acids is 3. The molecule has 256 valence electrons. The number of rotatable bonds is 11. The lowest BCUT2D eigenvalue weighted by Gasteiger charge is -2.34. The maximum Gasteiger partial charge on any atom is 0.426 e. The number of pyridine rings is 1. The zero-order valence-electron chi connectivity index (χ0n) is 25.6. The van der Waals surface area contributed by atoms with Crippen molar-refractivity contribution in [2.75, 3.05) is 18.5 Å². The molecule has 11 nitrogen and oxygen atoms in total. The van der Waals surface area contributed by atoms with E-state index in [1.165, 1.54) is 32.9 Å². The Bertz CT molecular complexity index is 1400. The van der Waals surface area contributed by atoms with Crippen LogP contribution in [0.5, 0.6) is 0 Å². The van der Waals surface area contributed by atoms with Gasteiger partial charge in [0.15, 0.2) is 12.0 Å². The molecule has 47 heavy (non-hydrogen) atoms. The number of hydrogen-bond acceptors (Lipinski definition) is 8. The molecule has 3 N–H and O–H groups in total. The third-order valence-corrected chi connectivity index (χ3v) is 6.56. The van der Waals surface area contributed by atoms with Gasteiger partial charge in [-0.15, -0.1) is 0 Å². The largest absolute Gasteiger partial charge is 0.444 e. The van der Waals surface area contributed by atoms with E-state index in [1.807, 2.05) is 5.32 Å². The lowest BCUT2D eigenvalue weighted by atomic mass is 9.93. The summed E-state index contributed by atoms with van der Waals surface area (Å²) >= 11 is 0. The van der Waals surface area contributed by atoms with E-state index in [9.17, 15) is 40.7 Å². The molecule has 2 radical (unpaired) electrons. The number of aromatic nitrogens is 1. The maximum absolute atomic E-state index is 14.7. The van der Waals surface area contributed by atoms with Gasteiger partial charge in [0.25, 0.3) is 11.8 Å². The first-order chi connectivity index (χ1) is 21.8. The summed E-state index contributed by atoms with van der Waals surface area (Å²) in [4.78, 5) is 42.1. The van der Waals surface area contributed by atoms with Crippen molar-refractivity contribution >= 4 is 37.0 Å². The number of unbranched alkanes of at least 4 members (excludes halogenated alkanes) is 1. The number of amides is 3. The van der Waals surface area contributed by atoms with Crippen molar-refractivity contribution in [1.82, 2.24) is 15.8 Å². The van der Waals surface area contributed by atoms with Gasteiger partial charge in [0, 0.05) is 5.59 Å². The molecule has 1 saturated heterocycles. The number of nitrogens with one attached hydrogen (secondary N) is 3. The summed E-state index contributed by atoms with van der Waals surface area (Å²) in [5.41, 5.74) is -5.46. The predicted molar refractivity (Wildman–Crippen MR) is 154 cm³/mol. The smallest absolute Gasteiger partial charge is 0.426 e. The number of carbonyl (C=O) groups is 3. The second-order valence-corrected chi connectivity index (χ2v) is 11.4. The molecule has 2 aromatic rings. The highest BCUT2D eigenvalue weighted by molar-refractivity contribution is 6.32. The fraction of sp³-hybridized carbons (Fsp3) is 0.517. The number of hydrazine groups is 1. The summed E-state index contributed by atoms with van der Waals surface area (Å²) in [5, 5.41) is 1.95. The first kappa shape index (κ1) is 37.6. The minimum atomic E-state index is -5.31. The molecule has 0 saturated carbocycles. The maximum atomic E-state index is 14.7. The van der Waals surface area contributed by atoms with Crippen molar-refractivity contribution in [2.24, 2.45) is 0 Å². The van der Waals surface area contributed by atoms with E-state index >= 15 is 0 Å². The van der Waals surface area contributed by atoms with Crippen LogP contribution in [-0.2, 0) is 36.5 Å². The molecule has 1 aromatic carbocycles. The summed E-state index contributed by atoms with van der Waals surface area (Å²) in [6.45, 7) is 4.42. The Morgan fingerprint density at radius 2 is 1.62 bits per heavy atom. The Labute approximate surface area is 267 Å². The molecule has 1 aliphatic rings. The van der Waals surface area contributed by atoms with E-state index in [0.717, 1.165) is 0 Å². The lowest BCUT2D eigenvalue weighted by Crippen LogP contribution is -2.61. The Hall–Kier alpha value is -3.90. The molecule has 2 heterocycles. The van der Waals surface area contributed by atoms with Crippen LogP contribution < -0.4 is 21.8 Å². The minimum absolute atomic E-state index is 0.158. The Balaban J connectivity index is 1.87. The summed E-state index contributed by atoms with van der Waals surface area (Å²) in [6.07, 6.45) is -12.9. The van der Waals surface area contributed by atoms with Gasteiger partial charge in [-0.25, -0.2) is 4.79 Å². The average molecular weight is 674 g/mol. The van der Waals surface area contributed by atoms with Gasteiger partial charge in [0.2, 0.25) is 5.60 Å². The van der Waals surface area contributed by atoms with Gasteiger partial charge >= 0.3 is 18.4 Å². The number of alkyl halides is 6. The highest BCUT2D eigenvalue weighted by Gasteiger charge is 2.61. The third kappa shape index (κ3) is 10.6. The second kappa shape index (κ2) is 15.3. The molecule has 1 aromatic heterocycles. The normalized spacial score (nSPS) is 15.5. The molecule has 0 aliphatic carbocycles. The van der Waals surface area contributed by atoms with Gasteiger partial charge < -0.3 is 18.9 Å². The standard InChI is InChI=1S/C29H33BF6N4O7/c1-26(2,3)47-25(43)37-19-15-18(28(31,32)33)22(30)38-21(19)23(41)39-40-24(42)27(29(34,35)36,46-16-17-9-5-4-6-10-17)12-8-7-11-20-44-13-14-45-20/h4-6,9-10,15,20H,7-8,11-14,16H2,1-3H3,(H,37,43)(H,39,41)(H,40,42)/t27-/m0/s1. The molecular formula is C29H33BF6N4O7. The van der Waals surface area contributed by atoms with Gasteiger partial charge in [-0.1, -0.05) is 30.3 Å². The van der Waals surface area contributed by atoms with Crippen LogP contribution in [0.25, 0.3) is 0 Å². The van der Waals surface area contributed by atoms with Crippen molar-refractivity contribution in [2.45, 2.75) is 82.9 Å². The molecule has 0 spiro atoms. The van der Waals surface area contributed by atoms with Crippen molar-refractivity contribution in [3.8, 4) is 0 Å². The van der Waals surface area contributed by atoms with Crippen LogP contribution in [-0.4, -0.2) is 67.6 Å². The Kier molecular flexibility index (Phi) is 12.3. The van der Waals surface area contributed by atoms with Crippen molar-refractivity contribution in [3.05, 3.63) is 53.2 Å². The van der Waals surface area contributed by atoms with E-state index in [4.69, 9.17) is 26.8 Å². The third-order valence-electron chi connectivity index (χ3n) is 6.56. The number of benzene rings is 1. The SMILES string of the molecule is [B]c1nc(C(=O)NNC(=O)[C@](CCCCC2OCCO2)(OCc2ccccc2)C(F)(F)F)c(NC(=O)OC(C)(C)C)cc1C(F)(F)F. The first-order valence-electron chi connectivity index (χ1n) is 14.3. The number of halogens is 6. The highest BCUT2D eigenvalue weighted by Crippen LogP contribution is 2.39. The molecule has 18 heteroatoms. The van der Waals surface area contributed by atoms with Crippen molar-refractivity contribution < 1.29 is 59.7 Å². The number of ether oxygens (including phenoxy) is 4. The predicted octanol–water partition coefficient (Wildman–Crippen LogP) is 4.45. The van der Waals surface area contributed by atoms with Crippen LogP contribution in [0.4, 0.5) is 36.8 Å². The lowest BCUT2D eigenvalue weighted by molar-refractivity contribution is -0.273. The zero-order valence-corrected chi connectivity index (χ0v) is 25.6. The molecule has 1 fully saturated rings. The fourth-order valence-corrected chi connectivity index (χ4v) is 4.35. The monoisotopic (exact) mass is 674 g/mol. The summed E-state index contributed by atoms with van der Waals surface area (Å²) in [6, 6.07) is 8.00. The quantitative estimate of drug-likeness (QED) is 0.138. The zero-order chi connectivity index (χ0) is 35.0. The van der Waals surface area contributed by atoms with Gasteiger partial charge in [-0.05, 0) is 58.1 Å². The fourth-order valence-electron chi connectivity index (χ4n) is 4.35. The summed E-state index contributed by atoms with van der Waals surface area (Å²) in [7, 11) is 5.41. The number of nitrogens with zero attached hydrogens (tertiary/aromatic N) is 1. The summed E-state index contributed by atoms with van der Waals surface area (Å²) < 4.78 is 106. The van der Waals surface area contributed by atoms with Gasteiger partial charge in [-0.2, -0.15) is 26.3 Å². The van der Waals surface area contributed by atoms with Gasteiger partial charge in [0.05, 0.1) is 31.1 Å². The van der Waals surface area contributed by atoms with Gasteiger partial charge in [0.1, 0.15) is 13.4 Å². The van der Waals surface area contributed by atoms with Crippen molar-refractivity contribution in [3.63, 3.8) is 0 Å². The molecule has 0 bridgehead atoms. The highest BCUT2D eigenvalue weighted by atomic mass is 19.4. The first-order valence-corrected chi connectivity index (χ1v) is 14.3. The number of hydrogen-bond donors (Lipinski definition) is 3. The topological polar surface area (TPSA) is 137 Å². The van der Waals surface area contributed by atoms with Crippen LogP contribution in [0, 0.1) is 0 Å². The molecule has 1 atom stereocenters. The van der Waals surface area contributed by atoms with Gasteiger partial charge in [-0.3, -0.25) is 30.7 Å².